The predicted octanol–water partition coefficient (Wildman–Crippen LogP) is 0.309. The lowest BCUT2D eigenvalue weighted by molar-refractivity contribution is -0.134. The number of carboxylic acid groups (broad SMARTS) is 1. The average molecular weight is 351 g/mol. The fourth-order valence-corrected chi connectivity index (χ4v) is 4.01. The third-order valence-corrected chi connectivity index (χ3v) is 5.43. The van der Waals surface area contributed by atoms with Crippen LogP contribution in [0, 0.1) is 0 Å². The smallest absolute Gasteiger partial charge is 0.318 e. The van der Waals surface area contributed by atoms with Crippen LogP contribution in [-0.2, 0) is 19.4 Å². The Labute approximate surface area is 138 Å². The van der Waals surface area contributed by atoms with E-state index in [-0.39, 0.29) is 6.04 Å². The Balaban J connectivity index is 1.69. The van der Waals surface area contributed by atoms with Crippen molar-refractivity contribution < 1.29 is 23.1 Å². The van der Waals surface area contributed by atoms with Gasteiger partial charge in [0.2, 0.25) is 5.91 Å². The number of para-hydroxylation sites is 1. The number of sulfone groups is 1. The van der Waals surface area contributed by atoms with Crippen LogP contribution in [-0.4, -0.2) is 64.7 Å². The second-order valence-electron chi connectivity index (χ2n) is 5.86. The first-order valence-electron chi connectivity index (χ1n) is 7.48. The van der Waals surface area contributed by atoms with E-state index in [0.29, 0.717) is 19.5 Å². The van der Waals surface area contributed by atoms with Gasteiger partial charge < -0.3 is 10.0 Å². The fourth-order valence-electron chi connectivity index (χ4n) is 2.97. The summed E-state index contributed by atoms with van der Waals surface area (Å²) >= 11 is 0. The van der Waals surface area contributed by atoms with Crippen molar-refractivity contribution >= 4 is 32.6 Å². The van der Waals surface area contributed by atoms with Crippen LogP contribution in [0.3, 0.4) is 0 Å². The van der Waals surface area contributed by atoms with Crippen molar-refractivity contribution in [1.82, 2.24) is 14.7 Å². The van der Waals surface area contributed by atoms with Gasteiger partial charge in [0.15, 0.2) is 9.84 Å². The molecule has 2 aromatic rings. The minimum absolute atomic E-state index is 0.0176. The van der Waals surface area contributed by atoms with E-state index in [2.05, 4.69) is 5.10 Å². The average Bonchev–Trinajstić information content (AvgIpc) is 3.11. The Morgan fingerprint density at radius 2 is 2.00 bits per heavy atom. The molecule has 1 saturated heterocycles. The van der Waals surface area contributed by atoms with E-state index < -0.39 is 33.2 Å². The summed E-state index contributed by atoms with van der Waals surface area (Å²) in [6.07, 6.45) is 2.44. The Morgan fingerprint density at radius 1 is 1.25 bits per heavy atom. The number of hydrogen-bond donors (Lipinski definition) is 1. The minimum Gasteiger partial charge on any atom is -0.480 e. The number of hydrogen-bond acceptors (Lipinski definition) is 5. The van der Waals surface area contributed by atoms with Gasteiger partial charge in [0.1, 0.15) is 11.5 Å². The number of fused-ring (bicyclic) bond motifs is 1. The molecule has 0 radical (unpaired) electrons. The van der Waals surface area contributed by atoms with E-state index in [1.165, 1.54) is 4.90 Å². The molecule has 1 unspecified atom stereocenters. The molecule has 1 aliphatic rings. The van der Waals surface area contributed by atoms with Crippen molar-refractivity contribution in [2.24, 2.45) is 0 Å². The van der Waals surface area contributed by atoms with Gasteiger partial charge in [0.05, 0.1) is 17.8 Å². The molecule has 0 bridgehead atoms. The van der Waals surface area contributed by atoms with Gasteiger partial charge >= 0.3 is 5.97 Å². The molecule has 1 amide bonds. The summed E-state index contributed by atoms with van der Waals surface area (Å²) in [4.78, 5) is 24.1. The Hall–Kier alpha value is -2.42. The summed E-state index contributed by atoms with van der Waals surface area (Å²) in [6, 6.07) is 7.72. The third kappa shape index (κ3) is 3.40. The normalized spacial score (nSPS) is 18.2. The van der Waals surface area contributed by atoms with Gasteiger partial charge in [0.25, 0.3) is 0 Å². The van der Waals surface area contributed by atoms with Crippen molar-refractivity contribution in [2.75, 3.05) is 24.6 Å². The zero-order valence-electron chi connectivity index (χ0n) is 12.8. The summed E-state index contributed by atoms with van der Waals surface area (Å²) in [5, 5.41) is 14.0. The molecule has 9 heteroatoms. The van der Waals surface area contributed by atoms with Crippen LogP contribution in [0.15, 0.2) is 30.5 Å². The second kappa shape index (κ2) is 6.23. The number of rotatable bonds is 5. The van der Waals surface area contributed by atoms with E-state index >= 15 is 0 Å². The molecular formula is C15H17N3O5S. The molecule has 0 spiro atoms. The molecule has 8 nitrogen and oxygen atoms in total. The summed E-state index contributed by atoms with van der Waals surface area (Å²) in [6.45, 7) is 0.799. The Kier molecular flexibility index (Phi) is 4.27. The number of aliphatic carboxylic acids is 1. The van der Waals surface area contributed by atoms with E-state index in [4.69, 9.17) is 5.11 Å². The molecule has 3 rings (SSSR count). The zero-order chi connectivity index (χ0) is 17.3. The van der Waals surface area contributed by atoms with Crippen molar-refractivity contribution in [3.63, 3.8) is 0 Å². The predicted molar refractivity (Wildman–Crippen MR) is 86.3 cm³/mol. The number of aromatic nitrogens is 2. The summed E-state index contributed by atoms with van der Waals surface area (Å²) in [5.41, 5.74) is 0.968. The molecule has 2 heterocycles. The van der Waals surface area contributed by atoms with Gasteiger partial charge in [0, 0.05) is 18.5 Å². The van der Waals surface area contributed by atoms with Gasteiger partial charge in [-0.3, -0.25) is 14.3 Å². The van der Waals surface area contributed by atoms with Crippen LogP contribution in [0.1, 0.15) is 12.5 Å². The van der Waals surface area contributed by atoms with E-state index in [1.54, 1.807) is 6.20 Å². The number of carbonyl (C=O) groups excluding carboxylic acids is 1. The maximum Gasteiger partial charge on any atom is 0.318 e. The highest BCUT2D eigenvalue weighted by atomic mass is 32.2. The van der Waals surface area contributed by atoms with Crippen LogP contribution < -0.4 is 0 Å². The van der Waals surface area contributed by atoms with E-state index in [0.717, 1.165) is 10.9 Å². The SMILES string of the molecule is O=C(O)CS(=O)(=O)CC(=O)N1CCC(n2ncc3ccccc32)C1. The molecular weight excluding hydrogens is 334 g/mol. The molecule has 1 aromatic heterocycles. The van der Waals surface area contributed by atoms with Crippen LogP contribution >= 0.6 is 0 Å². The Morgan fingerprint density at radius 3 is 2.75 bits per heavy atom. The third-order valence-electron chi connectivity index (χ3n) is 4.05. The summed E-state index contributed by atoms with van der Waals surface area (Å²) in [5.74, 6) is -3.81. The summed E-state index contributed by atoms with van der Waals surface area (Å²) in [7, 11) is -3.94. The molecule has 1 fully saturated rings. The molecule has 1 atom stereocenters. The molecule has 0 aliphatic carbocycles. The van der Waals surface area contributed by atoms with E-state index in [1.807, 2.05) is 28.9 Å². The highest BCUT2D eigenvalue weighted by Gasteiger charge is 2.31. The van der Waals surface area contributed by atoms with Crippen molar-refractivity contribution in [2.45, 2.75) is 12.5 Å². The number of carboxylic acids is 1. The molecule has 1 N–H and O–H groups in total. The first kappa shape index (κ1) is 16.4. The fraction of sp³-hybridized carbons (Fsp3) is 0.400. The van der Waals surface area contributed by atoms with Crippen LogP contribution in [0.5, 0.6) is 0 Å². The highest BCUT2D eigenvalue weighted by Crippen LogP contribution is 2.25. The van der Waals surface area contributed by atoms with Crippen LogP contribution in [0.2, 0.25) is 0 Å². The monoisotopic (exact) mass is 351 g/mol. The van der Waals surface area contributed by atoms with E-state index in [9.17, 15) is 18.0 Å². The lowest BCUT2D eigenvalue weighted by Crippen LogP contribution is -2.35. The first-order valence-corrected chi connectivity index (χ1v) is 9.30. The quantitative estimate of drug-likeness (QED) is 0.830. The minimum atomic E-state index is -3.94. The number of nitrogens with zero attached hydrogens (tertiary/aromatic N) is 3. The van der Waals surface area contributed by atoms with Crippen LogP contribution in [0.25, 0.3) is 10.9 Å². The van der Waals surface area contributed by atoms with Gasteiger partial charge in [-0.2, -0.15) is 5.10 Å². The van der Waals surface area contributed by atoms with Gasteiger partial charge in [-0.15, -0.1) is 0 Å². The maximum atomic E-state index is 12.1. The van der Waals surface area contributed by atoms with Crippen molar-refractivity contribution in [1.29, 1.82) is 0 Å². The lowest BCUT2D eigenvalue weighted by atomic mass is 10.2. The molecule has 24 heavy (non-hydrogen) atoms. The second-order valence-corrected chi connectivity index (χ2v) is 7.92. The molecule has 128 valence electrons. The number of likely N-dealkylation sites (tertiary alicyclic amines) is 1. The largest absolute Gasteiger partial charge is 0.480 e. The number of amides is 1. The highest BCUT2D eigenvalue weighted by molar-refractivity contribution is 7.92. The van der Waals surface area contributed by atoms with Crippen molar-refractivity contribution in [3.05, 3.63) is 30.5 Å². The zero-order valence-corrected chi connectivity index (χ0v) is 13.6. The van der Waals surface area contributed by atoms with Crippen molar-refractivity contribution in [3.8, 4) is 0 Å². The number of benzene rings is 1. The lowest BCUT2D eigenvalue weighted by Gasteiger charge is -2.17. The van der Waals surface area contributed by atoms with Gasteiger partial charge in [-0.25, -0.2) is 8.42 Å². The molecule has 0 saturated carbocycles. The molecule has 1 aromatic carbocycles. The first-order chi connectivity index (χ1) is 11.4. The Bertz CT molecular complexity index is 889. The van der Waals surface area contributed by atoms with Gasteiger partial charge in [-0.1, -0.05) is 18.2 Å². The standard InChI is InChI=1S/C15H17N3O5S/c19-14(9-24(22,23)10-15(20)21)17-6-5-12(8-17)18-13-4-2-1-3-11(13)7-16-18/h1-4,7,12H,5-6,8-10H2,(H,20,21). The molecule has 1 aliphatic heterocycles. The van der Waals surface area contributed by atoms with Gasteiger partial charge in [-0.05, 0) is 12.5 Å². The van der Waals surface area contributed by atoms with Crippen LogP contribution in [0.4, 0.5) is 0 Å². The number of carbonyl (C=O) groups is 2. The maximum absolute atomic E-state index is 12.1. The topological polar surface area (TPSA) is 110 Å². The summed E-state index contributed by atoms with van der Waals surface area (Å²) < 4.78 is 25.1.